The van der Waals surface area contributed by atoms with Gasteiger partial charge in [0.1, 0.15) is 5.75 Å². The first kappa shape index (κ1) is 17.0. The van der Waals surface area contributed by atoms with Crippen LogP contribution in [0.3, 0.4) is 0 Å². The van der Waals surface area contributed by atoms with Crippen molar-refractivity contribution in [2.45, 2.75) is 31.7 Å². The van der Waals surface area contributed by atoms with Crippen LogP contribution in [0.15, 0.2) is 41.8 Å². The Labute approximate surface area is 147 Å². The number of likely N-dealkylation sites (tertiary alicyclic amines) is 1. The highest BCUT2D eigenvalue weighted by Gasteiger charge is 2.21. The summed E-state index contributed by atoms with van der Waals surface area (Å²) in [7, 11) is 0. The summed E-state index contributed by atoms with van der Waals surface area (Å²) in [6, 6.07) is 11.6. The molecule has 2 aromatic rings. The first-order chi connectivity index (χ1) is 11.7. The molecule has 0 saturated carbocycles. The molecule has 0 bridgehead atoms. The van der Waals surface area contributed by atoms with E-state index in [1.807, 2.05) is 29.6 Å². The van der Waals surface area contributed by atoms with Crippen LogP contribution >= 0.6 is 11.3 Å². The van der Waals surface area contributed by atoms with Crippen molar-refractivity contribution in [2.75, 3.05) is 19.6 Å². The molecular formula is C19H24N2O2S. The predicted octanol–water partition coefficient (Wildman–Crippen LogP) is 3.34. The first-order valence-corrected chi connectivity index (χ1v) is 9.39. The largest absolute Gasteiger partial charge is 0.508 e. The van der Waals surface area contributed by atoms with Crippen molar-refractivity contribution < 1.29 is 9.90 Å². The van der Waals surface area contributed by atoms with Crippen molar-refractivity contribution in [3.63, 3.8) is 0 Å². The predicted molar refractivity (Wildman–Crippen MR) is 97.3 cm³/mol. The molecule has 0 radical (unpaired) electrons. The third kappa shape index (κ3) is 4.82. The number of carbonyl (C=O) groups is 1. The summed E-state index contributed by atoms with van der Waals surface area (Å²) in [5, 5.41) is 14.6. The second-order valence-electron chi connectivity index (χ2n) is 6.32. The fourth-order valence-corrected chi connectivity index (χ4v) is 3.86. The van der Waals surface area contributed by atoms with Gasteiger partial charge in [-0.15, -0.1) is 11.3 Å². The quantitative estimate of drug-likeness (QED) is 0.845. The van der Waals surface area contributed by atoms with E-state index in [1.165, 1.54) is 10.4 Å². The number of nitrogens with one attached hydrogen (secondary N) is 1. The Morgan fingerprint density at radius 1 is 1.25 bits per heavy atom. The molecule has 0 atom stereocenters. The molecule has 1 aromatic heterocycles. The van der Waals surface area contributed by atoms with Crippen LogP contribution in [0.1, 0.15) is 35.6 Å². The normalized spacial score (nSPS) is 16.2. The standard InChI is InChI=1S/C19H24N2O2S/c22-17-4-1-3-16(13-17)15-6-9-21(10-7-15)11-8-19(23)20-14-18-5-2-12-24-18/h1-5,12-13,15,22H,6-11,14H2,(H,20,23). The van der Waals surface area contributed by atoms with Crippen molar-refractivity contribution in [1.82, 2.24) is 10.2 Å². The van der Waals surface area contributed by atoms with Gasteiger partial charge >= 0.3 is 0 Å². The number of rotatable bonds is 6. The van der Waals surface area contributed by atoms with Crippen LogP contribution in [-0.4, -0.2) is 35.5 Å². The van der Waals surface area contributed by atoms with E-state index >= 15 is 0 Å². The molecule has 24 heavy (non-hydrogen) atoms. The van der Waals surface area contributed by atoms with Gasteiger partial charge in [-0.05, 0) is 61.0 Å². The number of phenols is 1. The molecule has 1 aliphatic heterocycles. The summed E-state index contributed by atoms with van der Waals surface area (Å²) in [5.74, 6) is 0.983. The van der Waals surface area contributed by atoms with E-state index in [-0.39, 0.29) is 5.91 Å². The molecule has 2 N–H and O–H groups in total. The lowest BCUT2D eigenvalue weighted by Crippen LogP contribution is -2.36. The molecule has 5 heteroatoms. The van der Waals surface area contributed by atoms with Gasteiger partial charge in [0, 0.05) is 17.8 Å². The maximum absolute atomic E-state index is 11.9. The highest BCUT2D eigenvalue weighted by atomic mass is 32.1. The molecular weight excluding hydrogens is 320 g/mol. The number of hydrogen-bond donors (Lipinski definition) is 2. The monoisotopic (exact) mass is 344 g/mol. The van der Waals surface area contributed by atoms with E-state index in [9.17, 15) is 9.90 Å². The zero-order chi connectivity index (χ0) is 16.8. The topological polar surface area (TPSA) is 52.6 Å². The SMILES string of the molecule is O=C(CCN1CCC(c2cccc(O)c2)CC1)NCc1cccs1. The van der Waals surface area contributed by atoms with Gasteiger partial charge in [-0.25, -0.2) is 0 Å². The molecule has 1 saturated heterocycles. The summed E-state index contributed by atoms with van der Waals surface area (Å²) in [6.07, 6.45) is 2.72. The highest BCUT2D eigenvalue weighted by Crippen LogP contribution is 2.29. The Morgan fingerprint density at radius 3 is 2.79 bits per heavy atom. The Morgan fingerprint density at radius 2 is 2.08 bits per heavy atom. The molecule has 1 aromatic carbocycles. The second-order valence-corrected chi connectivity index (χ2v) is 7.35. The molecule has 1 amide bonds. The first-order valence-electron chi connectivity index (χ1n) is 8.51. The van der Waals surface area contributed by atoms with Crippen molar-refractivity contribution >= 4 is 17.2 Å². The van der Waals surface area contributed by atoms with E-state index in [1.54, 1.807) is 17.4 Å². The number of aromatic hydroxyl groups is 1. The van der Waals surface area contributed by atoms with Gasteiger partial charge in [-0.2, -0.15) is 0 Å². The van der Waals surface area contributed by atoms with Gasteiger partial charge in [-0.1, -0.05) is 18.2 Å². The zero-order valence-electron chi connectivity index (χ0n) is 13.8. The molecule has 1 aliphatic rings. The Hall–Kier alpha value is -1.85. The fraction of sp³-hybridized carbons (Fsp3) is 0.421. The van der Waals surface area contributed by atoms with Crippen molar-refractivity contribution in [3.05, 3.63) is 52.2 Å². The van der Waals surface area contributed by atoms with Crippen LogP contribution in [0.2, 0.25) is 0 Å². The van der Waals surface area contributed by atoms with Gasteiger partial charge in [-0.3, -0.25) is 4.79 Å². The van der Waals surface area contributed by atoms with Crippen molar-refractivity contribution in [1.29, 1.82) is 0 Å². The Bertz CT molecular complexity index is 649. The van der Waals surface area contributed by atoms with Crippen LogP contribution in [0.4, 0.5) is 0 Å². The van der Waals surface area contributed by atoms with E-state index in [4.69, 9.17) is 0 Å². The average Bonchev–Trinajstić information content (AvgIpc) is 3.12. The van der Waals surface area contributed by atoms with Crippen molar-refractivity contribution in [2.24, 2.45) is 0 Å². The third-order valence-corrected chi connectivity index (χ3v) is 5.50. The smallest absolute Gasteiger partial charge is 0.221 e. The van der Waals surface area contributed by atoms with Crippen LogP contribution < -0.4 is 5.32 Å². The third-order valence-electron chi connectivity index (χ3n) is 4.62. The maximum Gasteiger partial charge on any atom is 0.221 e. The van der Waals surface area contributed by atoms with E-state index in [0.29, 0.717) is 24.6 Å². The van der Waals surface area contributed by atoms with Crippen LogP contribution in [0.5, 0.6) is 5.75 Å². The van der Waals surface area contributed by atoms with E-state index < -0.39 is 0 Å². The number of piperidine rings is 1. The summed E-state index contributed by atoms with van der Waals surface area (Å²) in [6.45, 7) is 3.48. The van der Waals surface area contributed by atoms with Gasteiger partial charge in [0.2, 0.25) is 5.91 Å². The molecule has 4 nitrogen and oxygen atoms in total. The minimum absolute atomic E-state index is 0.124. The number of amides is 1. The molecule has 0 aliphatic carbocycles. The maximum atomic E-state index is 11.9. The lowest BCUT2D eigenvalue weighted by atomic mass is 9.89. The van der Waals surface area contributed by atoms with E-state index in [2.05, 4.69) is 16.3 Å². The average molecular weight is 344 g/mol. The molecule has 1 fully saturated rings. The second kappa shape index (κ2) is 8.31. The number of benzene rings is 1. The Kier molecular flexibility index (Phi) is 5.88. The van der Waals surface area contributed by atoms with E-state index in [0.717, 1.165) is 32.5 Å². The summed E-state index contributed by atoms with van der Waals surface area (Å²) in [4.78, 5) is 15.5. The van der Waals surface area contributed by atoms with Gasteiger partial charge in [0.25, 0.3) is 0 Å². The number of hydrogen-bond acceptors (Lipinski definition) is 4. The number of thiophene rings is 1. The molecule has 2 heterocycles. The minimum atomic E-state index is 0.124. The number of nitrogens with zero attached hydrogens (tertiary/aromatic N) is 1. The number of carbonyl (C=O) groups excluding carboxylic acids is 1. The lowest BCUT2D eigenvalue weighted by Gasteiger charge is -2.32. The molecule has 128 valence electrons. The fourth-order valence-electron chi connectivity index (χ4n) is 3.22. The summed E-state index contributed by atoms with van der Waals surface area (Å²) in [5.41, 5.74) is 1.23. The molecule has 3 rings (SSSR count). The van der Waals surface area contributed by atoms with Gasteiger partial charge < -0.3 is 15.3 Å². The van der Waals surface area contributed by atoms with Gasteiger partial charge in [0.15, 0.2) is 0 Å². The van der Waals surface area contributed by atoms with Crippen LogP contribution in [0, 0.1) is 0 Å². The Balaban J connectivity index is 1.37. The minimum Gasteiger partial charge on any atom is -0.508 e. The van der Waals surface area contributed by atoms with Crippen LogP contribution in [-0.2, 0) is 11.3 Å². The highest BCUT2D eigenvalue weighted by molar-refractivity contribution is 7.09. The van der Waals surface area contributed by atoms with Crippen molar-refractivity contribution in [3.8, 4) is 5.75 Å². The summed E-state index contributed by atoms with van der Waals surface area (Å²) >= 11 is 1.67. The van der Waals surface area contributed by atoms with Gasteiger partial charge in [0.05, 0.1) is 6.54 Å². The molecule has 0 spiro atoms. The lowest BCUT2D eigenvalue weighted by molar-refractivity contribution is -0.121. The summed E-state index contributed by atoms with van der Waals surface area (Å²) < 4.78 is 0. The zero-order valence-corrected chi connectivity index (χ0v) is 14.6. The number of phenolic OH excluding ortho intramolecular Hbond substituents is 1. The van der Waals surface area contributed by atoms with Crippen LogP contribution in [0.25, 0.3) is 0 Å². The molecule has 0 unspecified atom stereocenters.